The lowest BCUT2D eigenvalue weighted by atomic mass is 9.95. The van der Waals surface area contributed by atoms with Crippen LogP contribution in [0.5, 0.6) is 0 Å². The van der Waals surface area contributed by atoms with Crippen LogP contribution in [-0.4, -0.2) is 10.4 Å². The van der Waals surface area contributed by atoms with Gasteiger partial charge in [0.2, 0.25) is 0 Å². The van der Waals surface area contributed by atoms with Crippen LogP contribution in [0.1, 0.15) is 29.0 Å². The molecule has 260 valence electrons. The van der Waals surface area contributed by atoms with Crippen molar-refractivity contribution in [2.75, 3.05) is 0 Å². The monoisotopic (exact) mass is 704 g/mol. The molecule has 0 saturated carbocycles. The van der Waals surface area contributed by atoms with E-state index < -0.39 is 0 Å². The van der Waals surface area contributed by atoms with E-state index in [1.807, 2.05) is 12.1 Å². The van der Waals surface area contributed by atoms with Gasteiger partial charge in [-0.2, -0.15) is 0 Å². The van der Waals surface area contributed by atoms with Crippen LogP contribution in [0.2, 0.25) is 0 Å². The highest BCUT2D eigenvalue weighted by molar-refractivity contribution is 6.22. The van der Waals surface area contributed by atoms with Gasteiger partial charge in [-0.1, -0.05) is 158 Å². The van der Waals surface area contributed by atoms with E-state index in [0.717, 1.165) is 28.2 Å². The van der Waals surface area contributed by atoms with E-state index in [1.54, 1.807) is 0 Å². The number of aliphatic imine (C=N–C) groups is 1. The number of fused-ring (bicyclic) bond motifs is 8. The van der Waals surface area contributed by atoms with Crippen LogP contribution in [0.25, 0.3) is 70.9 Å². The molecule has 0 bridgehead atoms. The minimum absolute atomic E-state index is 0.158. The number of hydrogen-bond donors (Lipinski definition) is 2. The first-order valence-corrected chi connectivity index (χ1v) is 18.9. The fourth-order valence-electron chi connectivity index (χ4n) is 8.56. The molecule has 2 N–H and O–H groups in total. The second kappa shape index (κ2) is 12.8. The number of aromatic nitrogens is 1. The molecule has 2 unspecified atom stereocenters. The average molecular weight is 705 g/mol. The summed E-state index contributed by atoms with van der Waals surface area (Å²) in [5, 5.41) is 17.6. The molecule has 11 rings (SSSR count). The third-order valence-electron chi connectivity index (χ3n) is 11.2. The van der Waals surface area contributed by atoms with Gasteiger partial charge in [0, 0.05) is 22.0 Å². The van der Waals surface area contributed by atoms with Crippen LogP contribution < -0.4 is 10.6 Å². The summed E-state index contributed by atoms with van der Waals surface area (Å²) < 4.78 is 2.42. The lowest BCUT2D eigenvalue weighted by molar-refractivity contribution is 0.409. The molecule has 0 aliphatic carbocycles. The Hall–Kier alpha value is -7.01. The number of nitrogens with zero attached hydrogens (tertiary/aromatic N) is 2. The van der Waals surface area contributed by atoms with Crippen LogP contribution in [0, 0.1) is 0 Å². The van der Waals surface area contributed by atoms with Crippen LogP contribution in [-0.2, 0) is 0 Å². The molecule has 0 radical (unpaired) electrons. The highest BCUT2D eigenvalue weighted by Crippen LogP contribution is 2.39. The van der Waals surface area contributed by atoms with E-state index in [4.69, 9.17) is 4.99 Å². The van der Waals surface area contributed by atoms with Crippen molar-refractivity contribution in [1.29, 1.82) is 0 Å². The summed E-state index contributed by atoms with van der Waals surface area (Å²) in [7, 11) is 0. The number of rotatable bonds is 5. The normalized spacial score (nSPS) is 15.8. The van der Waals surface area contributed by atoms with Crippen molar-refractivity contribution >= 4 is 60.0 Å². The molecule has 1 aliphatic rings. The topological polar surface area (TPSA) is 41.4 Å². The fourth-order valence-corrected chi connectivity index (χ4v) is 8.56. The number of hydrogen-bond acceptors (Lipinski definition) is 3. The summed E-state index contributed by atoms with van der Waals surface area (Å²) in [6.07, 6.45) is -0.351. The van der Waals surface area contributed by atoms with Crippen LogP contribution in [0.3, 0.4) is 0 Å². The number of nitrogens with one attached hydrogen (secondary N) is 2. The highest BCUT2D eigenvalue weighted by atomic mass is 15.3. The van der Waals surface area contributed by atoms with Gasteiger partial charge in [0.1, 0.15) is 18.2 Å². The third-order valence-corrected chi connectivity index (χ3v) is 11.2. The van der Waals surface area contributed by atoms with Gasteiger partial charge >= 0.3 is 0 Å². The van der Waals surface area contributed by atoms with Crippen molar-refractivity contribution in [1.82, 2.24) is 15.2 Å². The molecule has 2 heterocycles. The van der Waals surface area contributed by atoms with Crippen molar-refractivity contribution in [2.24, 2.45) is 4.99 Å². The van der Waals surface area contributed by atoms with Crippen molar-refractivity contribution in [3.8, 4) is 16.8 Å². The first-order chi connectivity index (χ1) is 27.2. The summed E-state index contributed by atoms with van der Waals surface area (Å²) >= 11 is 0. The molecule has 1 aliphatic heterocycles. The van der Waals surface area contributed by atoms with Crippen LogP contribution in [0.15, 0.2) is 199 Å². The van der Waals surface area contributed by atoms with E-state index in [-0.39, 0.29) is 12.3 Å². The van der Waals surface area contributed by atoms with E-state index in [9.17, 15) is 0 Å². The lowest BCUT2D eigenvalue weighted by Crippen LogP contribution is -2.45. The molecular formula is C51H36N4. The summed E-state index contributed by atoms with van der Waals surface area (Å²) in [6.45, 7) is 0. The number of amidine groups is 1. The fraction of sp³-hybridized carbons (Fsp3) is 0.0392. The van der Waals surface area contributed by atoms with Crippen molar-refractivity contribution < 1.29 is 0 Å². The van der Waals surface area contributed by atoms with E-state index >= 15 is 0 Å². The van der Waals surface area contributed by atoms with Crippen molar-refractivity contribution in [3.63, 3.8) is 0 Å². The van der Waals surface area contributed by atoms with E-state index in [2.05, 4.69) is 197 Å². The Morgan fingerprint density at radius 3 is 1.96 bits per heavy atom. The predicted molar refractivity (Wildman–Crippen MR) is 230 cm³/mol. The van der Waals surface area contributed by atoms with Crippen LogP contribution in [0.4, 0.5) is 0 Å². The Labute approximate surface area is 319 Å². The largest absolute Gasteiger partial charge is 0.350 e. The van der Waals surface area contributed by atoms with Crippen molar-refractivity contribution in [3.05, 3.63) is 211 Å². The van der Waals surface area contributed by atoms with Gasteiger partial charge in [0.15, 0.2) is 0 Å². The Balaban J connectivity index is 1.03. The minimum atomic E-state index is -0.193. The molecule has 4 heteroatoms. The number of benzene rings is 9. The Morgan fingerprint density at radius 2 is 1.07 bits per heavy atom. The minimum Gasteiger partial charge on any atom is -0.350 e. The average Bonchev–Trinajstić information content (AvgIpc) is 3.61. The highest BCUT2D eigenvalue weighted by Gasteiger charge is 2.26. The van der Waals surface area contributed by atoms with Gasteiger partial charge in [-0.05, 0) is 91.0 Å². The molecule has 0 spiro atoms. The number of para-hydroxylation sites is 1. The maximum atomic E-state index is 5.13. The smallest absolute Gasteiger partial charge is 0.131 e. The second-order valence-corrected chi connectivity index (χ2v) is 14.5. The molecule has 0 fully saturated rings. The molecule has 55 heavy (non-hydrogen) atoms. The molecule has 0 saturated heterocycles. The summed E-state index contributed by atoms with van der Waals surface area (Å²) in [4.78, 5) is 5.13. The predicted octanol–water partition coefficient (Wildman–Crippen LogP) is 12.2. The summed E-state index contributed by atoms with van der Waals surface area (Å²) in [5.74, 6) is 0.877. The standard InChI is InChI=1S/C51H36N4/c1-3-13-35(14-4-1)49-52-50(36-15-5-2-6-16-36)54-51(53-49)40-17-11-18-41(31-40)55-46-21-10-9-20-44(46)48-45-32-38(24-22-34(45)27-29-47(48)55)37-26-28-43-39(30-37)25-23-33-12-7-8-19-42(33)43/h1-32,49,51,53H,(H,52,54). The first-order valence-electron chi connectivity index (χ1n) is 18.9. The zero-order chi connectivity index (χ0) is 36.3. The van der Waals surface area contributed by atoms with Gasteiger partial charge < -0.3 is 9.88 Å². The summed E-state index contributed by atoms with van der Waals surface area (Å²) in [6, 6.07) is 70.1. The van der Waals surface area contributed by atoms with E-state index in [1.165, 1.54) is 65.3 Å². The molecule has 1 aromatic heterocycles. The van der Waals surface area contributed by atoms with Gasteiger partial charge in [-0.3, -0.25) is 5.32 Å². The zero-order valence-corrected chi connectivity index (χ0v) is 30.0. The molecule has 4 nitrogen and oxygen atoms in total. The summed E-state index contributed by atoms with van der Waals surface area (Å²) in [5.41, 5.74) is 9.26. The quantitative estimate of drug-likeness (QED) is 0.175. The second-order valence-electron chi connectivity index (χ2n) is 14.5. The maximum Gasteiger partial charge on any atom is 0.131 e. The third kappa shape index (κ3) is 5.38. The Kier molecular flexibility index (Phi) is 7.35. The molecular weight excluding hydrogens is 669 g/mol. The van der Waals surface area contributed by atoms with Crippen molar-refractivity contribution in [2.45, 2.75) is 12.3 Å². The zero-order valence-electron chi connectivity index (χ0n) is 30.0. The van der Waals surface area contributed by atoms with Gasteiger partial charge in [0.05, 0.1) is 11.0 Å². The van der Waals surface area contributed by atoms with Gasteiger partial charge in [0.25, 0.3) is 0 Å². The SMILES string of the molecule is c1ccc(C2=NC(c3ccccc3)NC(c3cccc(-n4c5ccccc5c5c6cc(-c7ccc8c(ccc9ccccc98)c7)ccc6ccc54)c3)N2)cc1. The molecule has 10 aromatic rings. The first kappa shape index (κ1) is 31.5. The van der Waals surface area contributed by atoms with Gasteiger partial charge in [-0.15, -0.1) is 0 Å². The Bertz CT molecular complexity index is 3110. The van der Waals surface area contributed by atoms with E-state index in [0.29, 0.717) is 0 Å². The molecule has 9 aromatic carbocycles. The lowest BCUT2D eigenvalue weighted by Gasteiger charge is -2.32. The van der Waals surface area contributed by atoms with Crippen LogP contribution >= 0.6 is 0 Å². The Morgan fingerprint density at radius 1 is 0.418 bits per heavy atom. The van der Waals surface area contributed by atoms with Gasteiger partial charge in [-0.25, -0.2) is 4.99 Å². The molecule has 2 atom stereocenters. The molecule has 0 amide bonds. The maximum absolute atomic E-state index is 5.13.